The molecule has 2 aromatic heterocycles. The fraction of sp³-hybridized carbons (Fsp3) is 0.154. The van der Waals surface area contributed by atoms with Gasteiger partial charge in [-0.3, -0.25) is 0 Å². The van der Waals surface area contributed by atoms with Crippen molar-refractivity contribution in [1.82, 2.24) is 9.97 Å². The molecule has 0 aliphatic rings. The number of carboxylic acids is 1. The van der Waals surface area contributed by atoms with Crippen LogP contribution in [0.1, 0.15) is 21.6 Å². The average molecular weight is 342 g/mol. The Bertz CT molecular complexity index is 795. The van der Waals surface area contributed by atoms with E-state index in [1.54, 1.807) is 0 Å². The van der Waals surface area contributed by atoms with Gasteiger partial charge in [-0.25, -0.2) is 9.78 Å². The van der Waals surface area contributed by atoms with Gasteiger partial charge in [0.2, 0.25) is 0 Å². The highest BCUT2D eigenvalue weighted by molar-refractivity contribution is 5.93. The van der Waals surface area contributed by atoms with Crippen LogP contribution in [0.3, 0.4) is 0 Å². The summed E-state index contributed by atoms with van der Waals surface area (Å²) in [7, 11) is 0. The van der Waals surface area contributed by atoms with E-state index in [2.05, 4.69) is 15.3 Å². The Morgan fingerprint density at radius 1 is 1.33 bits per heavy atom. The fourth-order valence-corrected chi connectivity index (χ4v) is 1.84. The number of aromatic carboxylic acids is 1. The van der Waals surface area contributed by atoms with Gasteiger partial charge in [0.1, 0.15) is 23.3 Å². The summed E-state index contributed by atoms with van der Waals surface area (Å²) in [5.41, 5.74) is -1.71. The van der Waals surface area contributed by atoms with Crippen molar-refractivity contribution in [2.24, 2.45) is 0 Å². The lowest BCUT2D eigenvalue weighted by molar-refractivity contribution is -0.390. The number of anilines is 1. The molecule has 0 saturated heterocycles. The highest BCUT2D eigenvalue weighted by Crippen LogP contribution is 2.29. The Hall–Kier alpha value is -3.24. The molecule has 24 heavy (non-hydrogen) atoms. The quantitative estimate of drug-likeness (QED) is 0.633. The first-order valence-electron chi connectivity index (χ1n) is 6.34. The van der Waals surface area contributed by atoms with Crippen LogP contribution in [0.2, 0.25) is 0 Å². The summed E-state index contributed by atoms with van der Waals surface area (Å²) >= 11 is 0. The molecule has 0 bridgehead atoms. The molecule has 0 saturated carbocycles. The molecule has 0 spiro atoms. The maximum absolute atomic E-state index is 12.7. The number of carbonyl (C=O) groups is 1. The number of hydrogen-bond acceptors (Lipinski definition) is 6. The van der Waals surface area contributed by atoms with Gasteiger partial charge >= 0.3 is 18.0 Å². The minimum Gasteiger partial charge on any atom is -0.478 e. The molecule has 2 rings (SSSR count). The van der Waals surface area contributed by atoms with Crippen molar-refractivity contribution in [2.75, 3.05) is 5.32 Å². The summed E-state index contributed by atoms with van der Waals surface area (Å²) in [5.74, 6) is -2.52. The number of alkyl halides is 3. The minimum absolute atomic E-state index is 0.0676. The minimum atomic E-state index is -4.76. The van der Waals surface area contributed by atoms with Crippen LogP contribution >= 0.6 is 0 Å². The van der Waals surface area contributed by atoms with E-state index in [1.165, 1.54) is 18.3 Å². The second-order valence-corrected chi connectivity index (χ2v) is 4.49. The number of nitrogens with one attached hydrogen (secondary N) is 1. The number of aromatic nitrogens is 2. The van der Waals surface area contributed by atoms with Crippen molar-refractivity contribution in [1.29, 1.82) is 0 Å². The van der Waals surface area contributed by atoms with E-state index >= 15 is 0 Å². The first-order valence-corrected chi connectivity index (χ1v) is 6.34. The molecule has 2 heterocycles. The normalized spacial score (nSPS) is 11.1. The van der Waals surface area contributed by atoms with Crippen molar-refractivity contribution in [2.45, 2.75) is 12.7 Å². The van der Waals surface area contributed by atoms with E-state index in [9.17, 15) is 28.1 Å². The molecule has 126 valence electrons. The number of pyridine rings is 2. The number of rotatable bonds is 5. The van der Waals surface area contributed by atoms with Crippen molar-refractivity contribution >= 4 is 17.6 Å². The number of halogens is 3. The molecule has 0 atom stereocenters. The predicted octanol–water partition coefficient (Wildman–Crippen LogP) is 2.71. The van der Waals surface area contributed by atoms with E-state index in [4.69, 9.17) is 5.11 Å². The van der Waals surface area contributed by atoms with Crippen LogP contribution in [-0.2, 0) is 12.7 Å². The Balaban J connectivity index is 2.35. The van der Waals surface area contributed by atoms with Gasteiger partial charge in [-0.15, -0.1) is 0 Å². The molecule has 0 aliphatic carbocycles. The smallest absolute Gasteiger partial charge is 0.433 e. The van der Waals surface area contributed by atoms with Gasteiger partial charge in [-0.1, -0.05) is 0 Å². The summed E-state index contributed by atoms with van der Waals surface area (Å²) in [6, 6.07) is 4.05. The second-order valence-electron chi connectivity index (χ2n) is 4.49. The molecular weight excluding hydrogens is 333 g/mol. The monoisotopic (exact) mass is 342 g/mol. The SMILES string of the molecule is O=C(O)c1ccc(C(F)(F)F)nc1NCc1cccnc1[N+](=O)[O-]. The van der Waals surface area contributed by atoms with Gasteiger partial charge in [-0.2, -0.15) is 13.2 Å². The lowest BCUT2D eigenvalue weighted by Crippen LogP contribution is -2.14. The molecule has 0 fully saturated rings. The third kappa shape index (κ3) is 3.74. The standard InChI is InChI=1S/C13H9F3N4O4/c14-13(15,16)9-4-3-8(12(21)22)10(19-9)18-6-7-2-1-5-17-11(7)20(23)24/h1-5H,6H2,(H,18,19)(H,21,22). The van der Waals surface area contributed by atoms with Crippen LogP contribution in [0.5, 0.6) is 0 Å². The van der Waals surface area contributed by atoms with E-state index in [-0.39, 0.29) is 12.1 Å². The zero-order valence-electron chi connectivity index (χ0n) is 11.7. The molecule has 0 amide bonds. The largest absolute Gasteiger partial charge is 0.478 e. The zero-order chi connectivity index (χ0) is 17.9. The van der Waals surface area contributed by atoms with Crippen molar-refractivity contribution < 1.29 is 28.0 Å². The van der Waals surface area contributed by atoms with Gasteiger partial charge in [0.05, 0.1) is 5.56 Å². The van der Waals surface area contributed by atoms with Crippen LogP contribution < -0.4 is 5.32 Å². The molecular formula is C13H9F3N4O4. The molecule has 2 N–H and O–H groups in total. The Labute approximate surface area is 132 Å². The number of nitrogens with zero attached hydrogens (tertiary/aromatic N) is 3. The van der Waals surface area contributed by atoms with Crippen LogP contribution in [0.25, 0.3) is 0 Å². The lowest BCUT2D eigenvalue weighted by Gasteiger charge is -2.12. The van der Waals surface area contributed by atoms with Gasteiger partial charge in [0, 0.05) is 6.54 Å². The average Bonchev–Trinajstić information content (AvgIpc) is 2.51. The molecule has 8 nitrogen and oxygen atoms in total. The maximum atomic E-state index is 12.7. The van der Waals surface area contributed by atoms with Crippen molar-refractivity contribution in [3.8, 4) is 0 Å². The number of nitro groups is 1. The molecule has 2 aromatic rings. The second kappa shape index (κ2) is 6.48. The van der Waals surface area contributed by atoms with Gasteiger partial charge in [-0.05, 0) is 34.2 Å². The predicted molar refractivity (Wildman–Crippen MR) is 74.4 cm³/mol. The first kappa shape index (κ1) is 17.1. The van der Waals surface area contributed by atoms with Gasteiger partial charge in [0.15, 0.2) is 0 Å². The maximum Gasteiger partial charge on any atom is 0.433 e. The third-order valence-electron chi connectivity index (χ3n) is 2.90. The molecule has 11 heteroatoms. The summed E-state index contributed by atoms with van der Waals surface area (Å²) in [4.78, 5) is 28.0. The molecule has 0 radical (unpaired) electrons. The van der Waals surface area contributed by atoms with E-state index in [0.29, 0.717) is 6.07 Å². The highest BCUT2D eigenvalue weighted by Gasteiger charge is 2.33. The third-order valence-corrected chi connectivity index (χ3v) is 2.90. The summed E-state index contributed by atoms with van der Waals surface area (Å²) in [6.45, 7) is -0.321. The zero-order valence-corrected chi connectivity index (χ0v) is 11.7. The Kier molecular flexibility index (Phi) is 4.62. The number of carboxylic acid groups (broad SMARTS) is 1. The fourth-order valence-electron chi connectivity index (χ4n) is 1.84. The van der Waals surface area contributed by atoms with Crippen LogP contribution in [0, 0.1) is 10.1 Å². The highest BCUT2D eigenvalue weighted by atomic mass is 19.4. The van der Waals surface area contributed by atoms with Crippen molar-refractivity contribution in [3.63, 3.8) is 0 Å². The van der Waals surface area contributed by atoms with E-state index < -0.39 is 40.0 Å². The summed E-state index contributed by atoms with van der Waals surface area (Å²) in [6.07, 6.45) is -3.57. The van der Waals surface area contributed by atoms with Crippen LogP contribution in [0.15, 0.2) is 30.5 Å². The first-order chi connectivity index (χ1) is 11.2. The topological polar surface area (TPSA) is 118 Å². The van der Waals surface area contributed by atoms with Gasteiger partial charge in [0.25, 0.3) is 0 Å². The number of hydrogen-bond donors (Lipinski definition) is 2. The molecule has 0 aromatic carbocycles. The van der Waals surface area contributed by atoms with E-state index in [1.807, 2.05) is 0 Å². The van der Waals surface area contributed by atoms with Crippen LogP contribution in [-0.4, -0.2) is 26.0 Å². The van der Waals surface area contributed by atoms with Crippen molar-refractivity contribution in [3.05, 3.63) is 57.4 Å². The van der Waals surface area contributed by atoms with Gasteiger partial charge < -0.3 is 20.5 Å². The van der Waals surface area contributed by atoms with E-state index in [0.717, 1.165) is 6.07 Å². The summed E-state index contributed by atoms with van der Waals surface area (Å²) in [5, 5.41) is 22.3. The summed E-state index contributed by atoms with van der Waals surface area (Å²) < 4.78 is 38.1. The Morgan fingerprint density at radius 2 is 2.04 bits per heavy atom. The molecule has 0 unspecified atom stereocenters. The lowest BCUT2D eigenvalue weighted by atomic mass is 10.2. The Morgan fingerprint density at radius 3 is 2.62 bits per heavy atom. The van der Waals surface area contributed by atoms with Crippen LogP contribution in [0.4, 0.5) is 24.8 Å². The molecule has 0 aliphatic heterocycles.